The number of amides is 2. The SMILES string of the molecule is CCc1nc2ccccc2n1CC(=O)N1CCN(C(=O)[C@H]2COc3ccccc3O2)CC1. The van der Waals surface area contributed by atoms with Crippen LogP contribution in [0.15, 0.2) is 48.5 Å². The number of fused-ring (bicyclic) bond motifs is 2. The van der Waals surface area contributed by atoms with E-state index in [9.17, 15) is 9.59 Å². The van der Waals surface area contributed by atoms with Crippen LogP contribution in [-0.4, -0.2) is 70.1 Å². The first-order chi connectivity index (χ1) is 15.6. The molecule has 0 bridgehead atoms. The predicted octanol–water partition coefficient (Wildman–Crippen LogP) is 2.11. The lowest BCUT2D eigenvalue weighted by Crippen LogP contribution is -2.55. The Bertz CT molecular complexity index is 1150. The number of benzene rings is 2. The normalized spacial score (nSPS) is 18.1. The first-order valence-electron chi connectivity index (χ1n) is 11.0. The summed E-state index contributed by atoms with van der Waals surface area (Å²) in [4.78, 5) is 34.2. The van der Waals surface area contributed by atoms with Gasteiger partial charge in [-0.1, -0.05) is 31.2 Å². The molecular weight excluding hydrogens is 408 g/mol. The minimum Gasteiger partial charge on any atom is -0.485 e. The van der Waals surface area contributed by atoms with Crippen LogP contribution < -0.4 is 9.47 Å². The van der Waals surface area contributed by atoms with E-state index in [-0.39, 0.29) is 25.0 Å². The second-order valence-electron chi connectivity index (χ2n) is 8.03. The molecule has 32 heavy (non-hydrogen) atoms. The first-order valence-corrected chi connectivity index (χ1v) is 11.0. The lowest BCUT2D eigenvalue weighted by Gasteiger charge is -2.37. The molecule has 2 amide bonds. The number of nitrogens with zero attached hydrogens (tertiary/aromatic N) is 4. The Morgan fingerprint density at radius 2 is 1.66 bits per heavy atom. The summed E-state index contributed by atoms with van der Waals surface area (Å²) in [6.45, 7) is 4.47. The molecule has 5 rings (SSSR count). The highest BCUT2D eigenvalue weighted by Gasteiger charge is 2.33. The molecule has 0 saturated carbocycles. The van der Waals surface area contributed by atoms with Crippen LogP contribution in [0.4, 0.5) is 0 Å². The molecule has 0 N–H and O–H groups in total. The van der Waals surface area contributed by atoms with Gasteiger partial charge in [-0.15, -0.1) is 0 Å². The molecule has 1 aromatic heterocycles. The van der Waals surface area contributed by atoms with Gasteiger partial charge in [-0.25, -0.2) is 4.98 Å². The third-order valence-electron chi connectivity index (χ3n) is 6.07. The zero-order valence-electron chi connectivity index (χ0n) is 18.1. The Hall–Kier alpha value is -3.55. The number of piperazine rings is 1. The average Bonchev–Trinajstić information content (AvgIpc) is 3.20. The van der Waals surface area contributed by atoms with Gasteiger partial charge in [0.15, 0.2) is 11.5 Å². The molecule has 8 heteroatoms. The van der Waals surface area contributed by atoms with E-state index in [0.717, 1.165) is 23.3 Å². The highest BCUT2D eigenvalue weighted by molar-refractivity contribution is 5.83. The third-order valence-corrected chi connectivity index (χ3v) is 6.07. The molecule has 3 aromatic rings. The number of carbonyl (C=O) groups excluding carboxylic acids is 2. The van der Waals surface area contributed by atoms with E-state index in [1.165, 1.54) is 0 Å². The van der Waals surface area contributed by atoms with Crippen molar-refractivity contribution in [2.75, 3.05) is 32.8 Å². The molecule has 0 unspecified atom stereocenters. The summed E-state index contributed by atoms with van der Waals surface area (Å²) < 4.78 is 13.5. The van der Waals surface area contributed by atoms with Crippen LogP contribution in [-0.2, 0) is 22.6 Å². The van der Waals surface area contributed by atoms with E-state index >= 15 is 0 Å². The molecule has 0 radical (unpaired) electrons. The van der Waals surface area contributed by atoms with Crippen molar-refractivity contribution in [1.29, 1.82) is 0 Å². The summed E-state index contributed by atoms with van der Waals surface area (Å²) in [6, 6.07) is 15.2. The number of aromatic nitrogens is 2. The van der Waals surface area contributed by atoms with Gasteiger partial charge in [-0.2, -0.15) is 0 Å². The van der Waals surface area contributed by atoms with Crippen molar-refractivity contribution in [2.45, 2.75) is 26.0 Å². The average molecular weight is 434 g/mol. The zero-order chi connectivity index (χ0) is 22.1. The number of rotatable bonds is 4. The van der Waals surface area contributed by atoms with Gasteiger partial charge < -0.3 is 23.8 Å². The first kappa shape index (κ1) is 20.4. The van der Waals surface area contributed by atoms with Crippen LogP contribution in [0.25, 0.3) is 11.0 Å². The topological polar surface area (TPSA) is 76.9 Å². The number of carbonyl (C=O) groups is 2. The maximum Gasteiger partial charge on any atom is 0.267 e. The van der Waals surface area contributed by atoms with E-state index in [4.69, 9.17) is 9.47 Å². The second-order valence-corrected chi connectivity index (χ2v) is 8.03. The summed E-state index contributed by atoms with van der Waals surface area (Å²) in [5, 5.41) is 0. The molecule has 8 nitrogen and oxygen atoms in total. The Morgan fingerprint density at radius 3 is 2.44 bits per heavy atom. The summed E-state index contributed by atoms with van der Waals surface area (Å²) >= 11 is 0. The van der Waals surface area contributed by atoms with E-state index < -0.39 is 6.10 Å². The number of hydrogen-bond acceptors (Lipinski definition) is 5. The van der Waals surface area contributed by atoms with Gasteiger partial charge in [0, 0.05) is 32.6 Å². The van der Waals surface area contributed by atoms with Crippen molar-refractivity contribution in [2.24, 2.45) is 0 Å². The monoisotopic (exact) mass is 434 g/mol. The number of aryl methyl sites for hydroxylation is 1. The number of hydrogen-bond donors (Lipinski definition) is 0. The fourth-order valence-electron chi connectivity index (χ4n) is 4.33. The van der Waals surface area contributed by atoms with Crippen LogP contribution in [0.5, 0.6) is 11.5 Å². The van der Waals surface area contributed by atoms with Crippen molar-refractivity contribution in [1.82, 2.24) is 19.4 Å². The van der Waals surface area contributed by atoms with E-state index in [0.29, 0.717) is 37.7 Å². The maximum absolute atomic E-state index is 13.0. The molecule has 2 aliphatic rings. The van der Waals surface area contributed by atoms with Gasteiger partial charge in [-0.3, -0.25) is 9.59 Å². The van der Waals surface area contributed by atoms with Crippen LogP contribution >= 0.6 is 0 Å². The number of imidazole rings is 1. The van der Waals surface area contributed by atoms with Crippen LogP contribution in [0.3, 0.4) is 0 Å². The lowest BCUT2D eigenvalue weighted by molar-refractivity contribution is -0.146. The fourth-order valence-corrected chi connectivity index (χ4v) is 4.33. The minimum absolute atomic E-state index is 0.0427. The molecule has 1 fully saturated rings. The summed E-state index contributed by atoms with van der Waals surface area (Å²) in [7, 11) is 0. The summed E-state index contributed by atoms with van der Waals surface area (Å²) in [5.41, 5.74) is 1.88. The van der Waals surface area contributed by atoms with Gasteiger partial charge in [0.1, 0.15) is 19.0 Å². The van der Waals surface area contributed by atoms with Gasteiger partial charge >= 0.3 is 0 Å². The second kappa shape index (κ2) is 8.53. The number of para-hydroxylation sites is 4. The summed E-state index contributed by atoms with van der Waals surface area (Å²) in [5.74, 6) is 2.10. The van der Waals surface area contributed by atoms with Crippen molar-refractivity contribution in [3.8, 4) is 11.5 Å². The molecule has 2 aromatic carbocycles. The van der Waals surface area contributed by atoms with E-state index in [1.807, 2.05) is 58.9 Å². The minimum atomic E-state index is -0.656. The molecule has 3 heterocycles. The molecule has 2 aliphatic heterocycles. The Balaban J connectivity index is 1.20. The summed E-state index contributed by atoms with van der Waals surface area (Å²) in [6.07, 6.45) is 0.105. The van der Waals surface area contributed by atoms with Gasteiger partial charge in [0.05, 0.1) is 11.0 Å². The van der Waals surface area contributed by atoms with E-state index in [1.54, 1.807) is 11.0 Å². The predicted molar refractivity (Wildman–Crippen MR) is 119 cm³/mol. The van der Waals surface area contributed by atoms with Crippen LogP contribution in [0.1, 0.15) is 12.7 Å². The molecule has 1 saturated heterocycles. The highest BCUT2D eigenvalue weighted by Crippen LogP contribution is 2.31. The maximum atomic E-state index is 13.0. The molecule has 1 atom stereocenters. The van der Waals surface area contributed by atoms with Crippen molar-refractivity contribution in [3.63, 3.8) is 0 Å². The smallest absolute Gasteiger partial charge is 0.267 e. The molecule has 0 spiro atoms. The Morgan fingerprint density at radius 1 is 0.969 bits per heavy atom. The zero-order valence-corrected chi connectivity index (χ0v) is 18.1. The van der Waals surface area contributed by atoms with Crippen molar-refractivity contribution < 1.29 is 19.1 Å². The van der Waals surface area contributed by atoms with Crippen LogP contribution in [0.2, 0.25) is 0 Å². The number of ether oxygens (including phenoxy) is 2. The van der Waals surface area contributed by atoms with Crippen LogP contribution in [0, 0.1) is 0 Å². The van der Waals surface area contributed by atoms with E-state index in [2.05, 4.69) is 4.98 Å². The quantitative estimate of drug-likeness (QED) is 0.629. The fraction of sp³-hybridized carbons (Fsp3) is 0.375. The molecule has 166 valence electrons. The lowest BCUT2D eigenvalue weighted by atomic mass is 10.2. The Labute approximate surface area is 186 Å². The highest BCUT2D eigenvalue weighted by atomic mass is 16.6. The van der Waals surface area contributed by atoms with Gasteiger partial charge in [0.2, 0.25) is 12.0 Å². The van der Waals surface area contributed by atoms with Crippen molar-refractivity contribution in [3.05, 3.63) is 54.4 Å². The van der Waals surface area contributed by atoms with Gasteiger partial charge in [0.25, 0.3) is 5.91 Å². The van der Waals surface area contributed by atoms with Gasteiger partial charge in [-0.05, 0) is 24.3 Å². The molecular formula is C24H26N4O4. The third kappa shape index (κ3) is 3.77. The Kier molecular flexibility index (Phi) is 5.43. The standard InChI is InChI=1S/C24H26N4O4/c1-2-22-25-17-7-3-4-8-18(17)28(22)15-23(29)26-11-13-27(14-12-26)24(30)21-16-31-19-9-5-6-10-20(19)32-21/h3-10,21H,2,11-16H2,1H3/t21-/m1/s1. The van der Waals surface area contributed by atoms with Crippen molar-refractivity contribution >= 4 is 22.8 Å². The largest absolute Gasteiger partial charge is 0.485 e. The molecule has 0 aliphatic carbocycles.